The molecule has 0 aromatic rings. The van der Waals surface area contributed by atoms with Crippen molar-refractivity contribution in [3.8, 4) is 0 Å². The second kappa shape index (κ2) is 13.5. The molecule has 0 heterocycles. The molecule has 5 nitrogen and oxygen atoms in total. The Balaban J connectivity index is 0. The smallest absolute Gasteiger partial charge is 0.357 e. The van der Waals surface area contributed by atoms with Gasteiger partial charge in [-0.3, -0.25) is 9.79 Å². The Hall–Kier alpha value is -0.740. The van der Waals surface area contributed by atoms with Crippen LogP contribution >= 0.6 is 24.0 Å². The summed E-state index contributed by atoms with van der Waals surface area (Å²) in [7, 11) is 1.75. The van der Waals surface area contributed by atoms with E-state index in [9.17, 15) is 18.0 Å². The molecule has 0 fully saturated rings. The minimum Gasteiger partial charge on any atom is -0.357 e. The van der Waals surface area contributed by atoms with Crippen molar-refractivity contribution >= 4 is 35.8 Å². The van der Waals surface area contributed by atoms with Crippen molar-refractivity contribution in [1.29, 1.82) is 0 Å². The lowest BCUT2D eigenvalue weighted by Crippen LogP contribution is -2.45. The Morgan fingerprint density at radius 3 is 2.17 bits per heavy atom. The van der Waals surface area contributed by atoms with Gasteiger partial charge in [-0.15, -0.1) is 24.0 Å². The van der Waals surface area contributed by atoms with Gasteiger partial charge in [0, 0.05) is 39.6 Å². The molecule has 24 heavy (non-hydrogen) atoms. The molecule has 0 saturated heterocycles. The van der Waals surface area contributed by atoms with E-state index in [-0.39, 0.29) is 42.8 Å². The van der Waals surface area contributed by atoms with E-state index in [0.717, 1.165) is 0 Å². The molecule has 0 aromatic heterocycles. The number of halogens is 4. The second-order valence-corrected chi connectivity index (χ2v) is 5.23. The van der Waals surface area contributed by atoms with Gasteiger partial charge in [0.05, 0.1) is 6.54 Å². The maximum atomic E-state index is 12.1. The Morgan fingerprint density at radius 1 is 1.12 bits per heavy atom. The zero-order chi connectivity index (χ0) is 17.9. The first-order valence-corrected chi connectivity index (χ1v) is 8.09. The maximum absolute atomic E-state index is 12.1. The molecule has 144 valence electrons. The standard InChI is InChI=1S/C15H29F3N4O.HI/c1-5-19-14(20-11-9-8-10-15(16,17)18)21(4)12-13(23)22(6-2)7-3;/h5-12H2,1-4H3,(H,19,20);1H. The molecule has 0 saturated carbocycles. The number of rotatable bonds is 9. The van der Waals surface area contributed by atoms with Gasteiger partial charge < -0.3 is 15.1 Å². The molecule has 0 bridgehead atoms. The fourth-order valence-electron chi connectivity index (χ4n) is 2.05. The van der Waals surface area contributed by atoms with Crippen LogP contribution in [0.15, 0.2) is 4.99 Å². The van der Waals surface area contributed by atoms with Crippen molar-refractivity contribution in [2.24, 2.45) is 4.99 Å². The predicted octanol–water partition coefficient (Wildman–Crippen LogP) is 3.10. The second-order valence-electron chi connectivity index (χ2n) is 5.23. The molecular weight excluding hydrogens is 436 g/mol. The van der Waals surface area contributed by atoms with Crippen LogP contribution < -0.4 is 5.32 Å². The van der Waals surface area contributed by atoms with Crippen LogP contribution in [0.25, 0.3) is 0 Å². The fourth-order valence-corrected chi connectivity index (χ4v) is 2.05. The van der Waals surface area contributed by atoms with E-state index in [1.54, 1.807) is 16.8 Å². The number of unbranched alkanes of at least 4 members (excludes halogenated alkanes) is 1. The first-order valence-electron chi connectivity index (χ1n) is 8.09. The van der Waals surface area contributed by atoms with Gasteiger partial charge in [0.1, 0.15) is 0 Å². The lowest BCUT2D eigenvalue weighted by atomic mass is 10.2. The van der Waals surface area contributed by atoms with Crippen LogP contribution in [0.2, 0.25) is 0 Å². The summed E-state index contributed by atoms with van der Waals surface area (Å²) in [6.45, 7) is 8.16. The summed E-state index contributed by atoms with van der Waals surface area (Å²) < 4.78 is 36.2. The van der Waals surface area contributed by atoms with Gasteiger partial charge in [-0.1, -0.05) is 0 Å². The topological polar surface area (TPSA) is 47.9 Å². The number of carbonyl (C=O) groups excluding carboxylic acids is 1. The van der Waals surface area contributed by atoms with Crippen molar-refractivity contribution in [2.45, 2.75) is 46.2 Å². The number of carbonyl (C=O) groups is 1. The molecule has 0 aliphatic rings. The molecule has 0 aliphatic heterocycles. The third-order valence-electron chi connectivity index (χ3n) is 3.31. The first kappa shape index (κ1) is 25.5. The summed E-state index contributed by atoms with van der Waals surface area (Å²) in [5.74, 6) is 0.542. The van der Waals surface area contributed by atoms with Crippen molar-refractivity contribution in [3.63, 3.8) is 0 Å². The number of guanidine groups is 1. The Bertz CT molecular complexity index is 374. The molecule has 0 rings (SSSR count). The molecule has 0 atom stereocenters. The largest absolute Gasteiger partial charge is 0.389 e. The lowest BCUT2D eigenvalue weighted by Gasteiger charge is -2.25. The van der Waals surface area contributed by atoms with Crippen LogP contribution in [0.1, 0.15) is 40.0 Å². The van der Waals surface area contributed by atoms with Crippen LogP contribution in [0.5, 0.6) is 0 Å². The van der Waals surface area contributed by atoms with Crippen molar-refractivity contribution in [1.82, 2.24) is 15.1 Å². The van der Waals surface area contributed by atoms with E-state index in [4.69, 9.17) is 0 Å². The van der Waals surface area contributed by atoms with Gasteiger partial charge >= 0.3 is 6.18 Å². The van der Waals surface area contributed by atoms with Gasteiger partial charge in [0.15, 0.2) is 5.96 Å². The van der Waals surface area contributed by atoms with Crippen LogP contribution in [-0.4, -0.2) is 67.6 Å². The molecule has 9 heteroatoms. The van der Waals surface area contributed by atoms with E-state index in [1.165, 1.54) is 0 Å². The molecule has 0 unspecified atom stereocenters. The summed E-state index contributed by atoms with van der Waals surface area (Å²) >= 11 is 0. The molecular formula is C15H30F3IN4O. The van der Waals surface area contributed by atoms with Gasteiger partial charge in [-0.2, -0.15) is 13.2 Å². The fraction of sp³-hybridized carbons (Fsp3) is 0.867. The number of aliphatic imine (C=N–C) groups is 1. The quantitative estimate of drug-likeness (QED) is 0.246. The van der Waals surface area contributed by atoms with Gasteiger partial charge in [0.2, 0.25) is 5.91 Å². The van der Waals surface area contributed by atoms with Crippen LogP contribution in [-0.2, 0) is 4.79 Å². The summed E-state index contributed by atoms with van der Waals surface area (Å²) in [5.41, 5.74) is 0. The van der Waals surface area contributed by atoms with Crippen LogP contribution in [0.4, 0.5) is 13.2 Å². The molecule has 0 aromatic carbocycles. The van der Waals surface area contributed by atoms with Gasteiger partial charge in [-0.25, -0.2) is 0 Å². The van der Waals surface area contributed by atoms with E-state index in [2.05, 4.69) is 10.3 Å². The predicted molar refractivity (Wildman–Crippen MR) is 102 cm³/mol. The number of nitrogens with zero attached hydrogens (tertiary/aromatic N) is 3. The molecule has 0 radical (unpaired) electrons. The van der Waals surface area contributed by atoms with E-state index < -0.39 is 12.6 Å². The van der Waals surface area contributed by atoms with Crippen molar-refractivity contribution in [3.05, 3.63) is 0 Å². The summed E-state index contributed by atoms with van der Waals surface area (Å²) in [6.07, 6.45) is -4.46. The minimum absolute atomic E-state index is 0. The zero-order valence-electron chi connectivity index (χ0n) is 14.9. The number of alkyl halides is 3. The summed E-state index contributed by atoms with van der Waals surface area (Å²) in [4.78, 5) is 19.8. The highest BCUT2D eigenvalue weighted by molar-refractivity contribution is 14.0. The number of hydrogen-bond donors (Lipinski definition) is 1. The Morgan fingerprint density at radius 2 is 1.71 bits per heavy atom. The van der Waals surface area contributed by atoms with E-state index in [1.807, 2.05) is 20.8 Å². The SMILES string of the molecule is CCNC(=NCCCCC(F)(F)F)N(C)CC(=O)N(CC)CC.I. The summed E-state index contributed by atoms with van der Waals surface area (Å²) in [5, 5.41) is 3.05. The monoisotopic (exact) mass is 466 g/mol. The third-order valence-corrected chi connectivity index (χ3v) is 3.31. The number of nitrogens with one attached hydrogen (secondary N) is 1. The van der Waals surface area contributed by atoms with Crippen LogP contribution in [0, 0.1) is 0 Å². The lowest BCUT2D eigenvalue weighted by molar-refractivity contribution is -0.135. The van der Waals surface area contributed by atoms with Gasteiger partial charge in [0.25, 0.3) is 0 Å². The first-order chi connectivity index (χ1) is 10.7. The van der Waals surface area contributed by atoms with E-state index in [0.29, 0.717) is 38.6 Å². The summed E-state index contributed by atoms with van der Waals surface area (Å²) in [6, 6.07) is 0. The van der Waals surface area contributed by atoms with E-state index >= 15 is 0 Å². The molecule has 0 aliphatic carbocycles. The highest BCUT2D eigenvalue weighted by Crippen LogP contribution is 2.21. The van der Waals surface area contributed by atoms with Gasteiger partial charge in [-0.05, 0) is 33.6 Å². The van der Waals surface area contributed by atoms with Crippen molar-refractivity contribution in [2.75, 3.05) is 39.8 Å². The maximum Gasteiger partial charge on any atom is 0.389 e. The van der Waals surface area contributed by atoms with Crippen molar-refractivity contribution < 1.29 is 18.0 Å². The number of likely N-dealkylation sites (N-methyl/N-ethyl adjacent to an activating group) is 2. The Labute approximate surface area is 160 Å². The highest BCUT2D eigenvalue weighted by Gasteiger charge is 2.25. The van der Waals surface area contributed by atoms with Crippen LogP contribution in [0.3, 0.4) is 0 Å². The zero-order valence-corrected chi connectivity index (χ0v) is 17.3. The number of amides is 1. The average Bonchev–Trinajstić information content (AvgIpc) is 2.45. The third kappa shape index (κ3) is 11.7. The number of hydrogen-bond acceptors (Lipinski definition) is 2. The minimum atomic E-state index is -4.11. The normalized spacial score (nSPS) is 11.7. The average molecular weight is 466 g/mol. The molecule has 0 spiro atoms. The molecule has 1 amide bonds. The Kier molecular flexibility index (Phi) is 14.4. The highest BCUT2D eigenvalue weighted by atomic mass is 127. The molecule has 1 N–H and O–H groups in total.